The number of nitrogens with zero attached hydrogens (tertiary/aromatic N) is 3. The van der Waals surface area contributed by atoms with E-state index in [-0.39, 0.29) is 12.1 Å². The molecule has 1 fully saturated rings. The highest BCUT2D eigenvalue weighted by molar-refractivity contribution is 7.12. The fourth-order valence-electron chi connectivity index (χ4n) is 2.66. The molecule has 6 heteroatoms. The lowest BCUT2D eigenvalue weighted by atomic mass is 10.1. The Bertz CT molecular complexity index is 642. The molecule has 5 nitrogen and oxygen atoms in total. The van der Waals surface area contributed by atoms with E-state index >= 15 is 0 Å². The van der Waals surface area contributed by atoms with Gasteiger partial charge in [-0.1, -0.05) is 0 Å². The van der Waals surface area contributed by atoms with Crippen LogP contribution in [0.2, 0.25) is 0 Å². The van der Waals surface area contributed by atoms with Gasteiger partial charge in [-0.2, -0.15) is 5.26 Å². The molecule has 2 atom stereocenters. The fourth-order valence-corrected chi connectivity index (χ4v) is 3.42. The third-order valence-corrected chi connectivity index (χ3v) is 4.73. The molecule has 0 amide bonds. The summed E-state index contributed by atoms with van der Waals surface area (Å²) in [5.41, 5.74) is 0. The number of thiophene rings is 1. The summed E-state index contributed by atoms with van der Waals surface area (Å²) in [6, 6.07) is 6.32. The van der Waals surface area contributed by atoms with Gasteiger partial charge >= 0.3 is 0 Å². The standard InChI is InChI=1S/C15H18N4OS/c1-2-19-7-6-17-15(19)14-13(5-8-20-14)18-10-12-4-3-11(9-16)21-12/h3-4,6-7,13-14,18H,2,5,8,10H2,1H3/t13-,14-/m0/s1. The van der Waals surface area contributed by atoms with Gasteiger partial charge in [-0.3, -0.25) is 0 Å². The topological polar surface area (TPSA) is 62.9 Å². The van der Waals surface area contributed by atoms with E-state index in [0.29, 0.717) is 0 Å². The monoisotopic (exact) mass is 302 g/mol. The minimum Gasteiger partial charge on any atom is -0.369 e. The predicted octanol–water partition coefficient (Wildman–Crippen LogP) is 2.46. The maximum atomic E-state index is 8.86. The van der Waals surface area contributed by atoms with Crippen molar-refractivity contribution in [2.24, 2.45) is 0 Å². The highest BCUT2D eigenvalue weighted by Crippen LogP contribution is 2.28. The minimum atomic E-state index is 0.00958. The van der Waals surface area contributed by atoms with Gasteiger partial charge in [-0.15, -0.1) is 11.3 Å². The molecule has 3 rings (SSSR count). The van der Waals surface area contributed by atoms with Gasteiger partial charge in [0.25, 0.3) is 0 Å². The first-order chi connectivity index (χ1) is 10.3. The van der Waals surface area contributed by atoms with E-state index in [1.807, 2.05) is 24.5 Å². The zero-order chi connectivity index (χ0) is 14.7. The first kappa shape index (κ1) is 14.3. The van der Waals surface area contributed by atoms with Crippen LogP contribution < -0.4 is 5.32 Å². The third kappa shape index (κ3) is 3.00. The molecule has 0 saturated carbocycles. The average Bonchev–Trinajstić information content (AvgIpc) is 3.23. The number of imidazole rings is 1. The van der Waals surface area contributed by atoms with E-state index in [1.165, 1.54) is 16.2 Å². The van der Waals surface area contributed by atoms with Crippen molar-refractivity contribution < 1.29 is 4.74 Å². The molecule has 1 aliphatic rings. The van der Waals surface area contributed by atoms with Crippen molar-refractivity contribution in [2.45, 2.75) is 38.6 Å². The molecule has 0 radical (unpaired) electrons. The number of ether oxygens (including phenoxy) is 1. The molecular weight excluding hydrogens is 284 g/mol. The van der Waals surface area contributed by atoms with Gasteiger partial charge in [-0.05, 0) is 25.5 Å². The number of nitriles is 1. The fraction of sp³-hybridized carbons (Fsp3) is 0.467. The second-order valence-corrected chi connectivity index (χ2v) is 6.19. The summed E-state index contributed by atoms with van der Waals surface area (Å²) in [6.07, 6.45) is 4.82. The average molecular weight is 302 g/mol. The molecule has 1 saturated heterocycles. The van der Waals surface area contributed by atoms with E-state index < -0.39 is 0 Å². The molecule has 2 aromatic heterocycles. The van der Waals surface area contributed by atoms with Crippen molar-refractivity contribution in [3.8, 4) is 6.07 Å². The summed E-state index contributed by atoms with van der Waals surface area (Å²) in [7, 11) is 0. The predicted molar refractivity (Wildman–Crippen MR) is 80.9 cm³/mol. The van der Waals surface area contributed by atoms with Gasteiger partial charge < -0.3 is 14.6 Å². The van der Waals surface area contributed by atoms with E-state index in [4.69, 9.17) is 10.00 Å². The molecule has 2 aromatic rings. The first-order valence-corrected chi connectivity index (χ1v) is 7.98. The lowest BCUT2D eigenvalue weighted by molar-refractivity contribution is 0.0886. The van der Waals surface area contributed by atoms with Crippen LogP contribution in [0.4, 0.5) is 0 Å². The Labute approximate surface area is 128 Å². The molecule has 0 aliphatic carbocycles. The molecule has 0 aromatic carbocycles. The Kier molecular flexibility index (Phi) is 4.34. The van der Waals surface area contributed by atoms with Crippen LogP contribution in [0.5, 0.6) is 0 Å². The zero-order valence-corrected chi connectivity index (χ0v) is 12.8. The lowest BCUT2D eigenvalue weighted by Crippen LogP contribution is -2.32. The highest BCUT2D eigenvalue weighted by Gasteiger charge is 2.32. The van der Waals surface area contributed by atoms with Gasteiger partial charge in [-0.25, -0.2) is 4.98 Å². The van der Waals surface area contributed by atoms with Crippen molar-refractivity contribution in [2.75, 3.05) is 6.61 Å². The number of aromatic nitrogens is 2. The molecule has 1 aliphatic heterocycles. The Morgan fingerprint density at radius 2 is 2.48 bits per heavy atom. The number of hydrogen-bond acceptors (Lipinski definition) is 5. The molecule has 3 heterocycles. The molecule has 0 spiro atoms. The summed E-state index contributed by atoms with van der Waals surface area (Å²) < 4.78 is 8.00. The molecular formula is C15H18N4OS. The minimum absolute atomic E-state index is 0.00958. The van der Waals surface area contributed by atoms with Crippen LogP contribution in [0.15, 0.2) is 24.5 Å². The Hall–Kier alpha value is -1.68. The number of hydrogen-bond donors (Lipinski definition) is 1. The molecule has 21 heavy (non-hydrogen) atoms. The van der Waals surface area contributed by atoms with Crippen LogP contribution in [0, 0.1) is 11.3 Å². The van der Waals surface area contributed by atoms with Crippen molar-refractivity contribution in [3.05, 3.63) is 40.1 Å². The normalized spacial score (nSPS) is 21.5. The van der Waals surface area contributed by atoms with Gasteiger partial charge in [0.15, 0.2) is 0 Å². The molecule has 1 N–H and O–H groups in total. The van der Waals surface area contributed by atoms with Crippen LogP contribution in [0.3, 0.4) is 0 Å². The Morgan fingerprint density at radius 1 is 1.57 bits per heavy atom. The summed E-state index contributed by atoms with van der Waals surface area (Å²) in [6.45, 7) is 4.53. The van der Waals surface area contributed by atoms with Crippen LogP contribution in [0.25, 0.3) is 0 Å². The van der Waals surface area contributed by atoms with Crippen molar-refractivity contribution >= 4 is 11.3 Å². The smallest absolute Gasteiger partial charge is 0.139 e. The second kappa shape index (κ2) is 6.39. The Morgan fingerprint density at radius 3 is 3.24 bits per heavy atom. The van der Waals surface area contributed by atoms with Crippen LogP contribution >= 0.6 is 11.3 Å². The number of aryl methyl sites for hydroxylation is 1. The SMILES string of the molecule is CCn1ccnc1[C@H]1OCC[C@@H]1NCc1ccc(C#N)s1. The zero-order valence-electron chi connectivity index (χ0n) is 12.0. The van der Waals surface area contributed by atoms with E-state index in [2.05, 4.69) is 27.9 Å². The lowest BCUT2D eigenvalue weighted by Gasteiger charge is -2.20. The quantitative estimate of drug-likeness (QED) is 0.921. The maximum Gasteiger partial charge on any atom is 0.139 e. The molecule has 110 valence electrons. The van der Waals surface area contributed by atoms with Crippen LogP contribution in [0.1, 0.15) is 35.0 Å². The third-order valence-electron chi connectivity index (χ3n) is 3.74. The Balaban J connectivity index is 1.66. The van der Waals surface area contributed by atoms with Gasteiger partial charge in [0.2, 0.25) is 0 Å². The highest BCUT2D eigenvalue weighted by atomic mass is 32.1. The van der Waals surface area contributed by atoms with Gasteiger partial charge in [0.1, 0.15) is 22.9 Å². The van der Waals surface area contributed by atoms with Crippen molar-refractivity contribution in [1.29, 1.82) is 5.26 Å². The molecule has 0 unspecified atom stereocenters. The summed E-state index contributed by atoms with van der Waals surface area (Å²) in [4.78, 5) is 6.38. The first-order valence-electron chi connectivity index (χ1n) is 7.16. The summed E-state index contributed by atoms with van der Waals surface area (Å²) in [5, 5.41) is 12.4. The van der Waals surface area contributed by atoms with E-state index in [1.54, 1.807) is 0 Å². The van der Waals surface area contributed by atoms with E-state index in [0.717, 1.165) is 36.8 Å². The summed E-state index contributed by atoms with van der Waals surface area (Å²) >= 11 is 1.54. The number of rotatable bonds is 5. The maximum absolute atomic E-state index is 8.86. The van der Waals surface area contributed by atoms with Gasteiger partial charge in [0, 0.05) is 43.0 Å². The number of nitrogens with one attached hydrogen (secondary N) is 1. The largest absolute Gasteiger partial charge is 0.369 e. The van der Waals surface area contributed by atoms with Crippen LogP contribution in [-0.4, -0.2) is 22.2 Å². The second-order valence-electron chi connectivity index (χ2n) is 5.02. The van der Waals surface area contributed by atoms with Crippen molar-refractivity contribution in [3.63, 3.8) is 0 Å². The molecule has 0 bridgehead atoms. The van der Waals surface area contributed by atoms with Gasteiger partial charge in [0.05, 0.1) is 0 Å². The van der Waals surface area contributed by atoms with E-state index in [9.17, 15) is 0 Å². The van der Waals surface area contributed by atoms with Crippen LogP contribution in [-0.2, 0) is 17.8 Å². The summed E-state index contributed by atoms with van der Waals surface area (Å²) in [5.74, 6) is 0.997. The van der Waals surface area contributed by atoms with Crippen molar-refractivity contribution in [1.82, 2.24) is 14.9 Å².